The fourth-order valence-electron chi connectivity index (χ4n) is 1.78. The first-order chi connectivity index (χ1) is 8.10. The molecule has 0 bridgehead atoms. The Morgan fingerprint density at radius 1 is 1.35 bits per heavy atom. The van der Waals surface area contributed by atoms with Crippen LogP contribution in [0, 0.1) is 11.6 Å². The molecule has 0 saturated heterocycles. The number of benzene rings is 1. The molecular formula is C13H19F2NS. The van der Waals surface area contributed by atoms with Crippen molar-refractivity contribution in [3.8, 4) is 0 Å². The van der Waals surface area contributed by atoms with Crippen LogP contribution in [-0.4, -0.2) is 18.1 Å². The van der Waals surface area contributed by atoms with Crippen molar-refractivity contribution in [2.45, 2.75) is 32.4 Å². The van der Waals surface area contributed by atoms with Crippen molar-refractivity contribution in [3.63, 3.8) is 0 Å². The lowest BCUT2D eigenvalue weighted by atomic mass is 10.1. The summed E-state index contributed by atoms with van der Waals surface area (Å²) in [6, 6.07) is 4.46. The van der Waals surface area contributed by atoms with Crippen LogP contribution in [0.1, 0.15) is 31.9 Å². The van der Waals surface area contributed by atoms with Gasteiger partial charge in [-0.05, 0) is 25.7 Å². The van der Waals surface area contributed by atoms with Gasteiger partial charge in [0, 0.05) is 23.4 Å². The quantitative estimate of drug-likeness (QED) is 0.835. The van der Waals surface area contributed by atoms with Crippen LogP contribution < -0.4 is 5.32 Å². The molecule has 0 fully saturated rings. The Morgan fingerprint density at radius 2 is 2.06 bits per heavy atom. The fourth-order valence-corrected chi connectivity index (χ4v) is 2.52. The highest BCUT2D eigenvalue weighted by Crippen LogP contribution is 2.20. The average Bonchev–Trinajstić information content (AvgIpc) is 2.31. The van der Waals surface area contributed by atoms with Crippen molar-refractivity contribution in [1.82, 2.24) is 5.32 Å². The summed E-state index contributed by atoms with van der Waals surface area (Å²) in [7, 11) is 0. The summed E-state index contributed by atoms with van der Waals surface area (Å²) in [6.45, 7) is 3.95. The third-order valence-corrected chi connectivity index (χ3v) is 3.53. The van der Waals surface area contributed by atoms with Crippen LogP contribution in [0.15, 0.2) is 18.2 Å². The Balaban J connectivity index is 2.75. The molecule has 4 heteroatoms. The highest BCUT2D eigenvalue weighted by Gasteiger charge is 2.16. The zero-order valence-electron chi connectivity index (χ0n) is 10.5. The highest BCUT2D eigenvalue weighted by molar-refractivity contribution is 7.98. The molecule has 96 valence electrons. The van der Waals surface area contributed by atoms with E-state index in [0.717, 1.165) is 18.2 Å². The molecule has 0 spiro atoms. The normalized spacial score (nSPS) is 14.6. The molecule has 1 aromatic carbocycles. The lowest BCUT2D eigenvalue weighted by Gasteiger charge is -2.22. The minimum atomic E-state index is -0.783. The molecule has 0 aliphatic rings. The van der Waals surface area contributed by atoms with Gasteiger partial charge in [0.1, 0.15) is 0 Å². The monoisotopic (exact) mass is 259 g/mol. The van der Waals surface area contributed by atoms with Crippen molar-refractivity contribution >= 4 is 11.8 Å². The van der Waals surface area contributed by atoms with Crippen LogP contribution >= 0.6 is 11.8 Å². The number of rotatable bonds is 6. The molecule has 0 aromatic heterocycles. The van der Waals surface area contributed by atoms with Crippen LogP contribution in [0.4, 0.5) is 8.78 Å². The van der Waals surface area contributed by atoms with Gasteiger partial charge in [-0.1, -0.05) is 19.1 Å². The van der Waals surface area contributed by atoms with Gasteiger partial charge in [0.05, 0.1) is 0 Å². The molecule has 0 saturated carbocycles. The van der Waals surface area contributed by atoms with Gasteiger partial charge in [0.25, 0.3) is 0 Å². The maximum absolute atomic E-state index is 13.6. The minimum Gasteiger partial charge on any atom is -0.307 e. The third kappa shape index (κ3) is 3.96. The standard InChI is InChI=1S/C13H19F2NS/c1-4-10(8-17-3)16-9(2)11-6-5-7-12(14)13(11)15/h5-7,9-10,16H,4,8H2,1-3H3. The Hall–Kier alpha value is -0.610. The number of thioether (sulfide) groups is 1. The molecular weight excluding hydrogens is 240 g/mol. The van der Waals surface area contributed by atoms with Crippen molar-refractivity contribution in [3.05, 3.63) is 35.4 Å². The summed E-state index contributed by atoms with van der Waals surface area (Å²) < 4.78 is 26.7. The molecule has 0 heterocycles. The predicted molar refractivity (Wildman–Crippen MR) is 70.4 cm³/mol. The summed E-state index contributed by atoms with van der Waals surface area (Å²) in [5.74, 6) is -0.557. The van der Waals surface area contributed by atoms with Crippen LogP contribution in [0.25, 0.3) is 0 Å². The lowest BCUT2D eigenvalue weighted by molar-refractivity contribution is 0.440. The van der Waals surface area contributed by atoms with E-state index in [-0.39, 0.29) is 6.04 Å². The predicted octanol–water partition coefficient (Wildman–Crippen LogP) is 3.76. The molecule has 0 radical (unpaired) electrons. The SMILES string of the molecule is CCC(CSC)NC(C)c1cccc(F)c1F. The van der Waals surface area contributed by atoms with E-state index in [1.54, 1.807) is 23.9 Å². The van der Waals surface area contributed by atoms with Gasteiger partial charge in [-0.25, -0.2) is 8.78 Å². The maximum atomic E-state index is 13.6. The molecule has 0 aliphatic heterocycles. The summed E-state index contributed by atoms with van der Waals surface area (Å²) in [5, 5.41) is 3.32. The van der Waals surface area contributed by atoms with Crippen LogP contribution in [0.3, 0.4) is 0 Å². The lowest BCUT2D eigenvalue weighted by Crippen LogP contribution is -2.33. The maximum Gasteiger partial charge on any atom is 0.163 e. The van der Waals surface area contributed by atoms with Gasteiger partial charge in [-0.15, -0.1) is 0 Å². The zero-order valence-corrected chi connectivity index (χ0v) is 11.3. The highest BCUT2D eigenvalue weighted by atomic mass is 32.2. The van der Waals surface area contributed by atoms with E-state index in [4.69, 9.17) is 0 Å². The first-order valence-electron chi connectivity index (χ1n) is 5.79. The average molecular weight is 259 g/mol. The zero-order chi connectivity index (χ0) is 12.8. The van der Waals surface area contributed by atoms with Gasteiger partial charge >= 0.3 is 0 Å². The largest absolute Gasteiger partial charge is 0.307 e. The number of hydrogen-bond donors (Lipinski definition) is 1. The molecule has 0 aliphatic carbocycles. The van der Waals surface area contributed by atoms with Crippen molar-refractivity contribution in [2.75, 3.05) is 12.0 Å². The third-order valence-electron chi connectivity index (χ3n) is 2.79. The molecule has 1 aromatic rings. The molecule has 1 N–H and O–H groups in total. The van der Waals surface area contributed by atoms with Crippen molar-refractivity contribution < 1.29 is 8.78 Å². The van der Waals surface area contributed by atoms with Gasteiger partial charge in [-0.2, -0.15) is 11.8 Å². The second-order valence-corrected chi connectivity index (χ2v) is 5.00. The Morgan fingerprint density at radius 3 is 2.65 bits per heavy atom. The number of halogens is 2. The molecule has 1 nitrogen and oxygen atoms in total. The Bertz CT molecular complexity index is 357. The second kappa shape index (κ2) is 6.97. The van der Waals surface area contributed by atoms with E-state index in [0.29, 0.717) is 11.6 Å². The first-order valence-corrected chi connectivity index (χ1v) is 7.18. The summed E-state index contributed by atoms with van der Waals surface area (Å²) in [6.07, 6.45) is 3.01. The minimum absolute atomic E-state index is 0.178. The van der Waals surface area contributed by atoms with Crippen LogP contribution in [0.5, 0.6) is 0 Å². The van der Waals surface area contributed by atoms with Gasteiger partial charge in [0.15, 0.2) is 11.6 Å². The van der Waals surface area contributed by atoms with E-state index >= 15 is 0 Å². The van der Waals surface area contributed by atoms with E-state index < -0.39 is 11.6 Å². The number of nitrogens with one attached hydrogen (secondary N) is 1. The summed E-state index contributed by atoms with van der Waals surface area (Å²) in [4.78, 5) is 0. The van der Waals surface area contributed by atoms with Gasteiger partial charge in [0.2, 0.25) is 0 Å². The van der Waals surface area contributed by atoms with E-state index in [9.17, 15) is 8.78 Å². The topological polar surface area (TPSA) is 12.0 Å². The van der Waals surface area contributed by atoms with Crippen LogP contribution in [-0.2, 0) is 0 Å². The Labute approximate surface area is 106 Å². The number of hydrogen-bond acceptors (Lipinski definition) is 2. The Kier molecular flexibility index (Phi) is 5.92. The van der Waals surface area contributed by atoms with E-state index in [2.05, 4.69) is 12.2 Å². The molecule has 1 rings (SSSR count). The van der Waals surface area contributed by atoms with E-state index in [1.807, 2.05) is 13.2 Å². The molecule has 2 atom stereocenters. The summed E-state index contributed by atoms with van der Waals surface area (Å²) >= 11 is 1.75. The van der Waals surface area contributed by atoms with Crippen LogP contribution in [0.2, 0.25) is 0 Å². The van der Waals surface area contributed by atoms with E-state index in [1.165, 1.54) is 0 Å². The smallest absolute Gasteiger partial charge is 0.163 e. The van der Waals surface area contributed by atoms with Crippen molar-refractivity contribution in [1.29, 1.82) is 0 Å². The first kappa shape index (κ1) is 14.5. The molecule has 17 heavy (non-hydrogen) atoms. The molecule has 2 unspecified atom stereocenters. The second-order valence-electron chi connectivity index (χ2n) is 4.09. The fraction of sp³-hybridized carbons (Fsp3) is 0.538. The molecule has 0 amide bonds. The van der Waals surface area contributed by atoms with Gasteiger partial charge < -0.3 is 5.32 Å². The van der Waals surface area contributed by atoms with Crippen molar-refractivity contribution in [2.24, 2.45) is 0 Å². The van der Waals surface area contributed by atoms with Gasteiger partial charge in [-0.3, -0.25) is 0 Å². The summed E-state index contributed by atoms with van der Waals surface area (Å²) in [5.41, 5.74) is 0.393.